The lowest BCUT2D eigenvalue weighted by atomic mass is 9.88. The monoisotopic (exact) mass is 401 g/mol. The van der Waals surface area contributed by atoms with Crippen molar-refractivity contribution >= 4 is 40.5 Å². The van der Waals surface area contributed by atoms with Gasteiger partial charge in [0.25, 0.3) is 0 Å². The van der Waals surface area contributed by atoms with E-state index in [9.17, 15) is 4.79 Å². The van der Waals surface area contributed by atoms with Gasteiger partial charge in [-0.2, -0.15) is 5.10 Å². The van der Waals surface area contributed by atoms with Crippen LogP contribution in [0.3, 0.4) is 0 Å². The van der Waals surface area contributed by atoms with Crippen molar-refractivity contribution in [2.45, 2.75) is 27.7 Å². The highest BCUT2D eigenvalue weighted by molar-refractivity contribution is 8.02. The van der Waals surface area contributed by atoms with Crippen LogP contribution in [-0.2, 0) is 9.53 Å². The van der Waals surface area contributed by atoms with E-state index < -0.39 is 0 Å². The van der Waals surface area contributed by atoms with Crippen molar-refractivity contribution in [2.75, 3.05) is 13.7 Å². The minimum atomic E-state index is -0.360. The van der Waals surface area contributed by atoms with E-state index in [-0.39, 0.29) is 11.4 Å². The zero-order valence-electron chi connectivity index (χ0n) is 16.1. The highest BCUT2D eigenvalue weighted by atomic mass is 32.2. The average molecular weight is 402 g/mol. The van der Waals surface area contributed by atoms with Gasteiger partial charge in [0.15, 0.2) is 0 Å². The maximum atomic E-state index is 12.9. The molecule has 1 aromatic heterocycles. The molecular formula is C20H23N3O2S2. The second-order valence-electron chi connectivity index (χ2n) is 7.08. The van der Waals surface area contributed by atoms with Crippen LogP contribution in [0.15, 0.2) is 45.7 Å². The maximum Gasteiger partial charge on any atom is 0.342 e. The fourth-order valence-electron chi connectivity index (χ4n) is 2.65. The van der Waals surface area contributed by atoms with Gasteiger partial charge in [-0.3, -0.25) is 0 Å². The Morgan fingerprint density at radius 2 is 1.93 bits per heavy atom. The smallest absolute Gasteiger partial charge is 0.342 e. The van der Waals surface area contributed by atoms with Crippen LogP contribution in [0, 0.1) is 5.41 Å². The number of thiazole rings is 1. The number of aromatic nitrogens is 1. The average Bonchev–Trinajstić information content (AvgIpc) is 3.23. The van der Waals surface area contributed by atoms with Gasteiger partial charge >= 0.3 is 5.97 Å². The molecule has 0 spiro atoms. The third-order valence-corrected chi connectivity index (χ3v) is 5.67. The molecule has 0 saturated carbocycles. The van der Waals surface area contributed by atoms with E-state index in [0.29, 0.717) is 17.2 Å². The molecule has 0 radical (unpaired) electrons. The number of ether oxygens (including phenoxy) is 1. The first-order valence-corrected chi connectivity index (χ1v) is 10.4. The van der Waals surface area contributed by atoms with Gasteiger partial charge < -0.3 is 4.74 Å². The molecule has 0 saturated heterocycles. The summed E-state index contributed by atoms with van der Waals surface area (Å²) in [5.41, 5.74) is 3.03. The van der Waals surface area contributed by atoms with Crippen LogP contribution in [0.25, 0.3) is 16.8 Å². The predicted octanol–water partition coefficient (Wildman–Crippen LogP) is 5.08. The number of allylic oxidation sites excluding steroid dienone is 1. The molecule has 7 heteroatoms. The Labute approximate surface area is 168 Å². The second kappa shape index (κ2) is 7.86. The number of hydrazone groups is 1. The van der Waals surface area contributed by atoms with Crippen LogP contribution in [0.2, 0.25) is 0 Å². The summed E-state index contributed by atoms with van der Waals surface area (Å²) in [6.45, 7) is 8.39. The van der Waals surface area contributed by atoms with Gasteiger partial charge in [0.05, 0.1) is 22.9 Å². The molecule has 27 heavy (non-hydrogen) atoms. The Bertz CT molecular complexity index is 895. The molecule has 0 amide bonds. The molecule has 0 fully saturated rings. The third kappa shape index (κ3) is 4.25. The number of hydrogen-bond acceptors (Lipinski definition) is 7. The summed E-state index contributed by atoms with van der Waals surface area (Å²) in [5.74, 6) is -0.360. The van der Waals surface area contributed by atoms with Gasteiger partial charge in [-0.25, -0.2) is 14.2 Å². The van der Waals surface area contributed by atoms with Crippen LogP contribution in [-0.4, -0.2) is 34.7 Å². The molecule has 3 rings (SSSR count). The Morgan fingerprint density at radius 1 is 1.22 bits per heavy atom. The largest absolute Gasteiger partial charge is 0.462 e. The molecule has 1 aliphatic heterocycles. The van der Waals surface area contributed by atoms with Crippen molar-refractivity contribution in [1.29, 1.82) is 0 Å². The van der Waals surface area contributed by atoms with Gasteiger partial charge in [0, 0.05) is 35.4 Å². The maximum absolute atomic E-state index is 12.9. The number of rotatable bonds is 4. The number of carbonyl (C=O) groups is 1. The van der Waals surface area contributed by atoms with Crippen molar-refractivity contribution in [3.8, 4) is 11.3 Å². The van der Waals surface area contributed by atoms with Crippen LogP contribution in [0.5, 0.6) is 0 Å². The van der Waals surface area contributed by atoms with Crippen molar-refractivity contribution in [2.24, 2.45) is 10.5 Å². The Balaban J connectivity index is 2.12. The highest BCUT2D eigenvalue weighted by Crippen LogP contribution is 2.42. The molecule has 0 atom stereocenters. The van der Waals surface area contributed by atoms with Crippen molar-refractivity contribution < 1.29 is 9.53 Å². The number of benzene rings is 1. The molecule has 1 aromatic carbocycles. The molecule has 0 bridgehead atoms. The van der Waals surface area contributed by atoms with E-state index in [1.165, 1.54) is 23.3 Å². The quantitative estimate of drug-likeness (QED) is 0.406. The Kier molecular flexibility index (Phi) is 5.72. The van der Waals surface area contributed by atoms with E-state index in [0.717, 1.165) is 21.9 Å². The van der Waals surface area contributed by atoms with Crippen molar-refractivity contribution in [1.82, 2.24) is 9.40 Å². The first-order valence-electron chi connectivity index (χ1n) is 8.75. The van der Waals surface area contributed by atoms with Gasteiger partial charge in [-0.1, -0.05) is 51.1 Å². The topological polar surface area (TPSA) is 54.8 Å². The lowest BCUT2D eigenvalue weighted by molar-refractivity contribution is -0.136. The fourth-order valence-corrected chi connectivity index (χ4v) is 4.67. The number of carbonyl (C=O) groups excluding carboxylic acids is 1. The summed E-state index contributed by atoms with van der Waals surface area (Å²) in [5, 5.41) is 7.25. The predicted molar refractivity (Wildman–Crippen MR) is 113 cm³/mol. The molecule has 2 heterocycles. The van der Waals surface area contributed by atoms with Crippen LogP contribution in [0.4, 0.5) is 0 Å². The van der Waals surface area contributed by atoms with Gasteiger partial charge in [0.1, 0.15) is 10.6 Å². The van der Waals surface area contributed by atoms with E-state index in [1.807, 2.05) is 49.7 Å². The molecule has 0 aliphatic carbocycles. The van der Waals surface area contributed by atoms with Crippen LogP contribution < -0.4 is 0 Å². The van der Waals surface area contributed by atoms with Crippen molar-refractivity contribution in [3.63, 3.8) is 0 Å². The Hall–Kier alpha value is -2.12. The molecule has 142 valence electrons. The third-order valence-electron chi connectivity index (χ3n) is 3.88. The molecule has 5 nitrogen and oxygen atoms in total. The standard InChI is InChI=1S/C20H23N3O2S2/c1-6-25-19(24)15(16-17(20(2,3)4)22-23(5)27-16)18-21-14(12-26-18)13-10-8-7-9-11-13/h7-12H,6H2,1-5H3/b16-15+. The first kappa shape index (κ1) is 19.6. The van der Waals surface area contributed by atoms with Crippen LogP contribution in [0.1, 0.15) is 32.7 Å². The summed E-state index contributed by atoms with van der Waals surface area (Å²) in [6.07, 6.45) is 0. The SMILES string of the molecule is CCOC(=O)/C(=C1/SN(C)N=C1C(C)(C)C)c1nc(-c2ccccc2)cs1. The molecule has 0 unspecified atom stereocenters. The molecule has 1 aliphatic rings. The van der Waals surface area contributed by atoms with E-state index >= 15 is 0 Å². The first-order chi connectivity index (χ1) is 12.8. The van der Waals surface area contributed by atoms with E-state index in [2.05, 4.69) is 25.9 Å². The van der Waals surface area contributed by atoms with Gasteiger partial charge in [0.2, 0.25) is 0 Å². The van der Waals surface area contributed by atoms with E-state index in [4.69, 9.17) is 9.72 Å². The highest BCUT2D eigenvalue weighted by Gasteiger charge is 2.35. The van der Waals surface area contributed by atoms with E-state index in [1.54, 1.807) is 4.41 Å². The molecule has 2 aromatic rings. The lowest BCUT2D eigenvalue weighted by Crippen LogP contribution is -2.22. The minimum absolute atomic E-state index is 0.204. The second-order valence-corrected chi connectivity index (χ2v) is 9.06. The number of nitrogens with zero attached hydrogens (tertiary/aromatic N) is 3. The molecule has 0 N–H and O–H groups in total. The number of esters is 1. The van der Waals surface area contributed by atoms with Crippen molar-refractivity contribution in [3.05, 3.63) is 45.6 Å². The minimum Gasteiger partial charge on any atom is -0.462 e. The Morgan fingerprint density at radius 3 is 2.56 bits per heavy atom. The number of hydrogen-bond donors (Lipinski definition) is 0. The van der Waals surface area contributed by atoms with Gasteiger partial charge in [-0.05, 0) is 6.92 Å². The zero-order chi connectivity index (χ0) is 19.6. The summed E-state index contributed by atoms with van der Waals surface area (Å²) in [7, 11) is 1.88. The van der Waals surface area contributed by atoms with Gasteiger partial charge in [-0.15, -0.1) is 11.3 Å². The summed E-state index contributed by atoms with van der Waals surface area (Å²) in [4.78, 5) is 18.4. The normalized spacial score (nSPS) is 16.3. The lowest BCUT2D eigenvalue weighted by Gasteiger charge is -2.19. The van der Waals surface area contributed by atoms with Crippen LogP contribution >= 0.6 is 23.3 Å². The molecular weight excluding hydrogens is 378 g/mol. The summed E-state index contributed by atoms with van der Waals surface area (Å²) < 4.78 is 7.14. The summed E-state index contributed by atoms with van der Waals surface area (Å²) in [6, 6.07) is 9.95. The fraction of sp³-hybridized carbons (Fsp3) is 0.350. The summed E-state index contributed by atoms with van der Waals surface area (Å²) >= 11 is 2.89. The zero-order valence-corrected chi connectivity index (χ0v) is 17.8.